The normalized spacial score (nSPS) is 12.2. The lowest BCUT2D eigenvalue weighted by molar-refractivity contribution is 0.315. The largest absolute Gasteiger partial charge is 0.492 e. The smallest absolute Gasteiger partial charge is 0.137 e. The van der Waals surface area contributed by atoms with Gasteiger partial charge in [-0.05, 0) is 36.2 Å². The van der Waals surface area contributed by atoms with Gasteiger partial charge in [0.05, 0.1) is 18.8 Å². The molecule has 2 aromatic rings. The molecule has 0 aliphatic rings. The summed E-state index contributed by atoms with van der Waals surface area (Å²) >= 11 is 3.34. The van der Waals surface area contributed by atoms with Gasteiger partial charge in [-0.25, -0.2) is 9.82 Å². The lowest BCUT2D eigenvalue weighted by Gasteiger charge is -2.18. The number of halogens is 2. The van der Waals surface area contributed by atoms with Crippen molar-refractivity contribution in [3.63, 3.8) is 0 Å². The lowest BCUT2D eigenvalue weighted by Crippen LogP contribution is -2.29. The fraction of sp³-hybridized carbons (Fsp3) is 0.267. The first-order valence-electron chi connectivity index (χ1n) is 6.64. The van der Waals surface area contributed by atoms with Crippen molar-refractivity contribution in [1.82, 2.24) is 10.4 Å². The van der Waals surface area contributed by atoms with Gasteiger partial charge in [-0.3, -0.25) is 10.8 Å². The Balaban J connectivity index is 2.34. The lowest BCUT2D eigenvalue weighted by atomic mass is 10.0. The molecule has 21 heavy (non-hydrogen) atoms. The van der Waals surface area contributed by atoms with Crippen LogP contribution >= 0.6 is 15.9 Å². The molecular formula is C15H17BrFN3O. The maximum atomic E-state index is 14.0. The topological polar surface area (TPSA) is 60.2 Å². The quantitative estimate of drug-likeness (QED) is 0.617. The predicted molar refractivity (Wildman–Crippen MR) is 83.3 cm³/mol. The molecule has 2 rings (SSSR count). The maximum absolute atomic E-state index is 14.0. The summed E-state index contributed by atoms with van der Waals surface area (Å²) in [4.78, 5) is 4.13. The first-order chi connectivity index (χ1) is 10.2. The average Bonchev–Trinajstić information content (AvgIpc) is 2.50. The highest BCUT2D eigenvalue weighted by molar-refractivity contribution is 9.10. The van der Waals surface area contributed by atoms with E-state index in [1.807, 2.05) is 13.0 Å². The van der Waals surface area contributed by atoms with Crippen molar-refractivity contribution in [2.45, 2.75) is 19.4 Å². The van der Waals surface area contributed by atoms with Gasteiger partial charge < -0.3 is 4.74 Å². The molecule has 0 spiro atoms. The van der Waals surface area contributed by atoms with Crippen LogP contribution in [0, 0.1) is 5.82 Å². The first-order valence-corrected chi connectivity index (χ1v) is 7.43. The molecule has 1 aromatic heterocycles. The van der Waals surface area contributed by atoms with Crippen LogP contribution in [0.25, 0.3) is 0 Å². The maximum Gasteiger partial charge on any atom is 0.137 e. The number of nitrogens with one attached hydrogen (secondary N) is 1. The third kappa shape index (κ3) is 4.00. The van der Waals surface area contributed by atoms with Crippen LogP contribution in [0.15, 0.2) is 41.1 Å². The van der Waals surface area contributed by atoms with Crippen molar-refractivity contribution >= 4 is 15.9 Å². The van der Waals surface area contributed by atoms with Crippen LogP contribution < -0.4 is 16.0 Å². The predicted octanol–water partition coefficient (Wildman–Crippen LogP) is 3.32. The molecule has 3 N–H and O–H groups in total. The van der Waals surface area contributed by atoms with Crippen LogP contribution in [0.3, 0.4) is 0 Å². The van der Waals surface area contributed by atoms with Crippen LogP contribution in [0.1, 0.15) is 30.5 Å². The molecule has 1 aromatic carbocycles. The number of pyridine rings is 1. The van der Waals surface area contributed by atoms with Crippen LogP contribution in [0.2, 0.25) is 0 Å². The van der Waals surface area contributed by atoms with Crippen molar-refractivity contribution < 1.29 is 9.13 Å². The molecule has 0 saturated heterocycles. The molecule has 4 nitrogen and oxygen atoms in total. The highest BCUT2D eigenvalue weighted by atomic mass is 79.9. The number of nitrogens with two attached hydrogens (primary N) is 1. The molecule has 0 amide bonds. The van der Waals surface area contributed by atoms with E-state index in [1.54, 1.807) is 24.5 Å². The Kier molecular flexibility index (Phi) is 5.67. The van der Waals surface area contributed by atoms with E-state index in [1.165, 1.54) is 6.07 Å². The summed E-state index contributed by atoms with van der Waals surface area (Å²) in [6.45, 7) is 2.63. The molecule has 1 atom stereocenters. The molecular weight excluding hydrogens is 337 g/mol. The summed E-state index contributed by atoms with van der Waals surface area (Å²) < 4.78 is 20.4. The van der Waals surface area contributed by atoms with E-state index in [2.05, 4.69) is 26.3 Å². The summed E-state index contributed by atoms with van der Waals surface area (Å²) in [7, 11) is 0. The molecule has 112 valence electrons. The summed E-state index contributed by atoms with van der Waals surface area (Å²) in [5.41, 5.74) is 3.81. The SMILES string of the molecule is CCCOc1cncc(C(NN)c2cc(Br)ccc2F)c1. The highest BCUT2D eigenvalue weighted by Gasteiger charge is 2.18. The number of benzene rings is 1. The van der Waals surface area contributed by atoms with E-state index in [0.717, 1.165) is 16.5 Å². The van der Waals surface area contributed by atoms with E-state index < -0.39 is 6.04 Å². The summed E-state index contributed by atoms with van der Waals surface area (Å²) in [6.07, 6.45) is 4.18. The molecule has 0 fully saturated rings. The Morgan fingerprint density at radius 2 is 2.19 bits per heavy atom. The summed E-state index contributed by atoms with van der Waals surface area (Å²) in [6, 6.07) is 6.05. The number of hydrazine groups is 1. The van der Waals surface area contributed by atoms with E-state index in [0.29, 0.717) is 17.9 Å². The molecule has 0 radical (unpaired) electrons. The fourth-order valence-electron chi connectivity index (χ4n) is 1.99. The zero-order valence-corrected chi connectivity index (χ0v) is 13.2. The van der Waals surface area contributed by atoms with Gasteiger partial charge >= 0.3 is 0 Å². The van der Waals surface area contributed by atoms with Crippen LogP contribution in [-0.4, -0.2) is 11.6 Å². The molecule has 0 bridgehead atoms. The van der Waals surface area contributed by atoms with Gasteiger partial charge in [0, 0.05) is 16.2 Å². The van der Waals surface area contributed by atoms with Gasteiger partial charge in [-0.1, -0.05) is 22.9 Å². The van der Waals surface area contributed by atoms with Gasteiger partial charge in [-0.2, -0.15) is 0 Å². The Bertz CT molecular complexity index is 609. The number of nitrogens with zero attached hydrogens (tertiary/aromatic N) is 1. The second kappa shape index (κ2) is 7.49. The summed E-state index contributed by atoms with van der Waals surface area (Å²) in [5.74, 6) is 5.92. The Labute approximate surface area is 131 Å². The Morgan fingerprint density at radius 1 is 1.38 bits per heavy atom. The summed E-state index contributed by atoms with van der Waals surface area (Å²) in [5, 5.41) is 0. The molecule has 1 unspecified atom stereocenters. The monoisotopic (exact) mass is 353 g/mol. The molecule has 1 heterocycles. The molecule has 6 heteroatoms. The van der Waals surface area contributed by atoms with Crippen molar-refractivity contribution in [3.8, 4) is 5.75 Å². The Hall–Kier alpha value is -1.50. The van der Waals surface area contributed by atoms with Crippen molar-refractivity contribution in [1.29, 1.82) is 0 Å². The van der Waals surface area contributed by atoms with E-state index in [4.69, 9.17) is 10.6 Å². The fourth-order valence-corrected chi connectivity index (χ4v) is 2.37. The molecule has 0 aliphatic carbocycles. The van der Waals surface area contributed by atoms with Crippen molar-refractivity contribution in [3.05, 3.63) is 58.1 Å². The van der Waals surface area contributed by atoms with Gasteiger partial charge in [0.25, 0.3) is 0 Å². The minimum Gasteiger partial charge on any atom is -0.492 e. The molecule has 0 saturated carbocycles. The molecule has 0 aliphatic heterocycles. The first kappa shape index (κ1) is 15.9. The van der Waals surface area contributed by atoms with E-state index >= 15 is 0 Å². The second-order valence-electron chi connectivity index (χ2n) is 4.57. The minimum absolute atomic E-state index is 0.332. The van der Waals surface area contributed by atoms with Gasteiger partial charge in [0.15, 0.2) is 0 Å². The third-order valence-electron chi connectivity index (χ3n) is 2.98. The number of ether oxygens (including phenoxy) is 1. The number of hydrogen-bond donors (Lipinski definition) is 2. The zero-order chi connectivity index (χ0) is 15.2. The van der Waals surface area contributed by atoms with Gasteiger partial charge in [0.2, 0.25) is 0 Å². The van der Waals surface area contributed by atoms with Crippen LogP contribution in [0.4, 0.5) is 4.39 Å². The number of rotatable bonds is 6. The van der Waals surface area contributed by atoms with E-state index in [-0.39, 0.29) is 5.82 Å². The minimum atomic E-state index is -0.500. The average molecular weight is 354 g/mol. The van der Waals surface area contributed by atoms with Gasteiger partial charge in [0.1, 0.15) is 11.6 Å². The van der Waals surface area contributed by atoms with Crippen LogP contribution in [-0.2, 0) is 0 Å². The zero-order valence-electron chi connectivity index (χ0n) is 11.6. The highest BCUT2D eigenvalue weighted by Crippen LogP contribution is 2.28. The van der Waals surface area contributed by atoms with Crippen molar-refractivity contribution in [2.75, 3.05) is 6.61 Å². The standard InChI is InChI=1S/C15H17BrFN3O/c1-2-5-21-12-6-10(8-19-9-12)15(20-18)13-7-11(16)3-4-14(13)17/h3-4,6-9,15,20H,2,5,18H2,1H3. The van der Waals surface area contributed by atoms with E-state index in [9.17, 15) is 4.39 Å². The van der Waals surface area contributed by atoms with Crippen LogP contribution in [0.5, 0.6) is 5.75 Å². The number of hydrogen-bond acceptors (Lipinski definition) is 4. The second-order valence-corrected chi connectivity index (χ2v) is 5.48. The number of aromatic nitrogens is 1. The van der Waals surface area contributed by atoms with Crippen molar-refractivity contribution in [2.24, 2.45) is 5.84 Å². The Morgan fingerprint density at radius 3 is 2.90 bits per heavy atom. The third-order valence-corrected chi connectivity index (χ3v) is 3.47. The van der Waals surface area contributed by atoms with Gasteiger partial charge in [-0.15, -0.1) is 0 Å².